The third-order valence-corrected chi connectivity index (χ3v) is 9.73. The lowest BCUT2D eigenvalue weighted by Crippen LogP contribution is -2.67. The number of carbonyl (C=O) groups is 1. The Balaban J connectivity index is 1.41. The van der Waals surface area contributed by atoms with E-state index in [-0.39, 0.29) is 35.0 Å². The van der Waals surface area contributed by atoms with E-state index in [0.717, 1.165) is 11.3 Å². The van der Waals surface area contributed by atoms with Crippen LogP contribution in [0.1, 0.15) is 44.4 Å². The van der Waals surface area contributed by atoms with Crippen LogP contribution >= 0.6 is 11.3 Å². The molecule has 1 aromatic heterocycles. The predicted molar refractivity (Wildman–Crippen MR) is 119 cm³/mol. The molecular formula is C25H31F2NO3S. The molecule has 8 atom stereocenters. The molecule has 2 N–H and O–H groups in total. The number of ketones is 1. The molecule has 0 radical (unpaired) electrons. The number of aliphatic hydroxyl groups is 1. The summed E-state index contributed by atoms with van der Waals surface area (Å²) in [6, 6.07) is 3.93. The number of allylic oxidation sites excluding steroid dienone is 4. The van der Waals surface area contributed by atoms with Crippen LogP contribution in [0.5, 0.6) is 0 Å². The second-order valence-corrected chi connectivity index (χ2v) is 11.9. The second kappa shape index (κ2) is 7.55. The number of aliphatic hydroxyl groups excluding tert-OH is 1. The van der Waals surface area contributed by atoms with Gasteiger partial charge in [0.05, 0.1) is 12.6 Å². The molecule has 5 unspecified atom stereocenters. The number of carbonyl (C=O) groups excluding carboxylic acids is 1. The normalized spacial score (nSPS) is 45.4. The monoisotopic (exact) mass is 463 g/mol. The summed E-state index contributed by atoms with van der Waals surface area (Å²) in [7, 11) is 0. The largest absolute Gasteiger partial charge is 0.390 e. The van der Waals surface area contributed by atoms with Crippen LogP contribution in [-0.2, 0) is 11.3 Å². The quantitative estimate of drug-likeness (QED) is 0.625. The maximum Gasteiger partial charge on any atom is 0.178 e. The topological polar surface area (TPSA) is 60.8 Å². The predicted octanol–water partition coefficient (Wildman–Crippen LogP) is 4.87. The summed E-state index contributed by atoms with van der Waals surface area (Å²) in [6.45, 7) is 4.64. The van der Waals surface area contributed by atoms with Crippen LogP contribution in [0, 0.1) is 28.6 Å². The second-order valence-electron chi connectivity index (χ2n) is 10.8. The number of hydrogen-bond acceptors (Lipinski definition) is 5. The molecule has 1 aromatic rings. The summed E-state index contributed by atoms with van der Waals surface area (Å²) >= 11 is 1.59. The van der Waals surface area contributed by atoms with Gasteiger partial charge in [-0.25, -0.2) is 8.78 Å². The number of rotatable bonds is 4. The van der Waals surface area contributed by atoms with Crippen LogP contribution in [0.3, 0.4) is 0 Å². The standard InChI is InChI=1S/C25H31F2NO3S/c1-23-11-15(13-28(31)14-17-4-3-7-32-17)8-18(23)19-10-21(26)20-9-16(29)5-6-24(20,2)25(19,27)22(30)12-23/h3-7,9,15,18-19,21-22,30-31H,8,10-14H2,1-2H3/t15-,18?,19?,21+,22?,23?,24?,25+/m1/s1. The molecule has 7 heteroatoms. The van der Waals surface area contributed by atoms with Crippen LogP contribution in [-0.4, -0.2) is 45.6 Å². The highest BCUT2D eigenvalue weighted by Gasteiger charge is 2.71. The Morgan fingerprint density at radius 1 is 1.25 bits per heavy atom. The van der Waals surface area contributed by atoms with E-state index in [1.807, 2.05) is 17.5 Å². The summed E-state index contributed by atoms with van der Waals surface area (Å²) in [4.78, 5) is 13.0. The number of hydrogen-bond donors (Lipinski definition) is 2. The van der Waals surface area contributed by atoms with Crippen molar-refractivity contribution in [1.82, 2.24) is 5.06 Å². The van der Waals surface area contributed by atoms with Crippen LogP contribution in [0.4, 0.5) is 8.78 Å². The molecule has 174 valence electrons. The minimum absolute atomic E-state index is 0.0128. The van der Waals surface area contributed by atoms with Crippen molar-refractivity contribution in [2.75, 3.05) is 6.54 Å². The number of nitrogens with zero attached hydrogens (tertiary/aromatic N) is 1. The van der Waals surface area contributed by atoms with E-state index in [0.29, 0.717) is 25.9 Å². The van der Waals surface area contributed by atoms with Crippen molar-refractivity contribution >= 4 is 17.1 Å². The highest BCUT2D eigenvalue weighted by molar-refractivity contribution is 7.09. The van der Waals surface area contributed by atoms with Gasteiger partial charge in [-0.2, -0.15) is 5.06 Å². The lowest BCUT2D eigenvalue weighted by atomic mass is 9.45. The molecule has 0 bridgehead atoms. The first-order chi connectivity index (χ1) is 15.1. The van der Waals surface area contributed by atoms with E-state index >= 15 is 8.78 Å². The number of alkyl halides is 2. The maximum atomic E-state index is 17.0. The average Bonchev–Trinajstić information content (AvgIpc) is 3.33. The zero-order valence-corrected chi connectivity index (χ0v) is 19.3. The van der Waals surface area contributed by atoms with Crippen molar-refractivity contribution in [2.45, 2.75) is 64.0 Å². The molecule has 5 rings (SSSR count). The summed E-state index contributed by atoms with van der Waals surface area (Å²) in [5.74, 6) is -0.901. The summed E-state index contributed by atoms with van der Waals surface area (Å²) in [6.07, 6.45) is 3.16. The fourth-order valence-corrected chi connectivity index (χ4v) is 8.23. The van der Waals surface area contributed by atoms with Gasteiger partial charge in [0.25, 0.3) is 0 Å². The van der Waals surface area contributed by atoms with Crippen molar-refractivity contribution < 1.29 is 23.9 Å². The fraction of sp³-hybridized carbons (Fsp3) is 0.640. The Bertz CT molecular complexity index is 964. The van der Waals surface area contributed by atoms with Gasteiger partial charge in [0, 0.05) is 22.8 Å². The Hall–Kier alpha value is -1.41. The van der Waals surface area contributed by atoms with Crippen LogP contribution in [0.2, 0.25) is 0 Å². The zero-order valence-electron chi connectivity index (χ0n) is 18.5. The summed E-state index contributed by atoms with van der Waals surface area (Å²) in [5.41, 5.74) is -3.49. The molecule has 4 aliphatic carbocycles. The van der Waals surface area contributed by atoms with Gasteiger partial charge >= 0.3 is 0 Å². The number of thiophene rings is 1. The molecule has 1 heterocycles. The van der Waals surface area contributed by atoms with E-state index in [9.17, 15) is 15.1 Å². The minimum Gasteiger partial charge on any atom is -0.390 e. The first-order valence-corrected chi connectivity index (χ1v) is 12.4. The van der Waals surface area contributed by atoms with E-state index < -0.39 is 29.3 Å². The first-order valence-electron chi connectivity index (χ1n) is 11.5. The van der Waals surface area contributed by atoms with Crippen LogP contribution in [0.25, 0.3) is 0 Å². The number of fused-ring (bicyclic) bond motifs is 5. The van der Waals surface area contributed by atoms with Crippen molar-refractivity contribution in [2.24, 2.45) is 28.6 Å². The lowest BCUT2D eigenvalue weighted by Gasteiger charge is -2.61. The fourth-order valence-electron chi connectivity index (χ4n) is 7.51. The Kier molecular flexibility index (Phi) is 5.28. The molecule has 3 fully saturated rings. The van der Waals surface area contributed by atoms with E-state index in [2.05, 4.69) is 6.92 Å². The van der Waals surface area contributed by atoms with Gasteiger partial charge in [-0.1, -0.05) is 19.1 Å². The molecule has 0 spiro atoms. The smallest absolute Gasteiger partial charge is 0.178 e. The zero-order chi connectivity index (χ0) is 22.9. The lowest BCUT2D eigenvalue weighted by molar-refractivity contribution is -0.195. The summed E-state index contributed by atoms with van der Waals surface area (Å²) in [5, 5.41) is 25.0. The van der Waals surface area contributed by atoms with Gasteiger partial charge in [-0.15, -0.1) is 11.3 Å². The molecule has 32 heavy (non-hydrogen) atoms. The molecule has 4 aliphatic rings. The van der Waals surface area contributed by atoms with E-state index in [1.54, 1.807) is 18.3 Å². The first kappa shape index (κ1) is 22.4. The van der Waals surface area contributed by atoms with Crippen molar-refractivity contribution in [1.29, 1.82) is 0 Å². The van der Waals surface area contributed by atoms with Crippen LogP contribution in [0.15, 0.2) is 41.3 Å². The number of halogens is 2. The van der Waals surface area contributed by atoms with Gasteiger partial charge < -0.3 is 10.3 Å². The average molecular weight is 464 g/mol. The molecule has 0 aromatic carbocycles. The Morgan fingerprint density at radius 2 is 2.03 bits per heavy atom. The Labute approximate surface area is 191 Å². The molecule has 4 nitrogen and oxygen atoms in total. The van der Waals surface area contributed by atoms with E-state index in [4.69, 9.17) is 0 Å². The minimum atomic E-state index is -2.02. The van der Waals surface area contributed by atoms with Crippen molar-refractivity contribution in [3.63, 3.8) is 0 Å². The number of hydroxylamine groups is 2. The van der Waals surface area contributed by atoms with Gasteiger partial charge in [0.1, 0.15) is 6.17 Å². The SMILES string of the molecule is CC12CC(O)[C@@]3(F)C(C[C@H](F)C4=CC(=O)C=CC43C)C1C[C@@H](CN(O)Cc1cccs1)C2. The summed E-state index contributed by atoms with van der Waals surface area (Å²) < 4.78 is 32.4. The van der Waals surface area contributed by atoms with Crippen molar-refractivity contribution in [3.8, 4) is 0 Å². The molecule has 0 aliphatic heterocycles. The van der Waals surface area contributed by atoms with Gasteiger partial charge in [0.2, 0.25) is 0 Å². The van der Waals surface area contributed by atoms with Gasteiger partial charge in [-0.3, -0.25) is 4.79 Å². The van der Waals surface area contributed by atoms with Gasteiger partial charge in [-0.05, 0) is 79.0 Å². The third kappa shape index (κ3) is 3.19. The molecule has 3 saturated carbocycles. The highest BCUT2D eigenvalue weighted by Crippen LogP contribution is 2.68. The molecule has 0 saturated heterocycles. The Morgan fingerprint density at radius 3 is 2.75 bits per heavy atom. The molecule has 0 amide bonds. The van der Waals surface area contributed by atoms with Crippen LogP contribution < -0.4 is 0 Å². The van der Waals surface area contributed by atoms with E-state index in [1.165, 1.54) is 23.3 Å². The van der Waals surface area contributed by atoms with Crippen molar-refractivity contribution in [3.05, 3.63) is 46.2 Å². The maximum absolute atomic E-state index is 17.0. The molecular weight excluding hydrogens is 432 g/mol. The van der Waals surface area contributed by atoms with Gasteiger partial charge in [0.15, 0.2) is 11.5 Å². The highest BCUT2D eigenvalue weighted by atomic mass is 32.1. The third-order valence-electron chi connectivity index (χ3n) is 8.87.